The molecule has 5 nitrogen and oxygen atoms in total. The van der Waals surface area contributed by atoms with Crippen molar-refractivity contribution in [1.82, 2.24) is 5.01 Å². The number of halogens is 1. The number of rotatable bonds is 2. The minimum absolute atomic E-state index is 0.105. The zero-order valence-corrected chi connectivity index (χ0v) is 15.9. The van der Waals surface area contributed by atoms with Crippen molar-refractivity contribution in [3.05, 3.63) is 39.9 Å². The number of thioether (sulfide) groups is 1. The smallest absolute Gasteiger partial charge is 0.282 e. The van der Waals surface area contributed by atoms with E-state index in [0.717, 1.165) is 27.9 Å². The van der Waals surface area contributed by atoms with Crippen molar-refractivity contribution in [1.29, 1.82) is 5.41 Å². The molecule has 1 saturated carbocycles. The monoisotopic (exact) mass is 416 g/mol. The van der Waals surface area contributed by atoms with Crippen molar-refractivity contribution < 1.29 is 4.79 Å². The summed E-state index contributed by atoms with van der Waals surface area (Å²) in [5.74, 6) is 0.171. The Morgan fingerprint density at radius 1 is 1.28 bits per heavy atom. The number of carbonyl (C=O) groups is 1. The van der Waals surface area contributed by atoms with Crippen molar-refractivity contribution in [3.8, 4) is 0 Å². The number of nitrogens with zero attached hydrogens (tertiary/aromatic N) is 3. The number of carbonyl (C=O) groups excluding carboxylic acids is 1. The molecule has 7 heteroatoms. The molecule has 0 saturated heterocycles. The van der Waals surface area contributed by atoms with Crippen LogP contribution in [0.15, 0.2) is 44.4 Å². The lowest BCUT2D eigenvalue weighted by Crippen LogP contribution is -2.35. The predicted octanol–water partition coefficient (Wildman–Crippen LogP) is 4.65. The molecule has 2 heterocycles. The van der Waals surface area contributed by atoms with Crippen LogP contribution in [0, 0.1) is 11.3 Å². The molecule has 0 unspecified atom stereocenters. The highest BCUT2D eigenvalue weighted by atomic mass is 79.9. The fourth-order valence-corrected chi connectivity index (χ4v) is 4.76. The van der Waals surface area contributed by atoms with Gasteiger partial charge in [-0.25, -0.2) is 0 Å². The minimum Gasteiger partial charge on any atom is -0.282 e. The van der Waals surface area contributed by atoms with Gasteiger partial charge < -0.3 is 0 Å². The summed E-state index contributed by atoms with van der Waals surface area (Å²) in [7, 11) is 0. The van der Waals surface area contributed by atoms with Crippen molar-refractivity contribution in [2.45, 2.75) is 32.1 Å². The van der Waals surface area contributed by atoms with Crippen molar-refractivity contribution in [2.24, 2.45) is 16.0 Å². The van der Waals surface area contributed by atoms with Gasteiger partial charge in [0.25, 0.3) is 5.91 Å². The van der Waals surface area contributed by atoms with E-state index in [1.165, 1.54) is 36.0 Å². The second kappa shape index (κ2) is 6.88. The van der Waals surface area contributed by atoms with E-state index in [4.69, 9.17) is 5.41 Å². The number of aliphatic imine (C=N–C) groups is 1. The van der Waals surface area contributed by atoms with Gasteiger partial charge in [-0.2, -0.15) is 15.1 Å². The second-order valence-electron chi connectivity index (χ2n) is 6.35. The molecular formula is C18H17BrN4OS. The molecule has 128 valence electrons. The second-order valence-corrected chi connectivity index (χ2v) is 8.25. The van der Waals surface area contributed by atoms with Gasteiger partial charge in [-0.05, 0) is 48.4 Å². The topological polar surface area (TPSA) is 68.9 Å². The molecule has 1 aromatic rings. The summed E-state index contributed by atoms with van der Waals surface area (Å²) in [5.41, 5.74) is 1.13. The minimum atomic E-state index is -0.371. The van der Waals surface area contributed by atoms with Crippen LogP contribution in [0.4, 0.5) is 0 Å². The Morgan fingerprint density at radius 2 is 2.08 bits per heavy atom. The van der Waals surface area contributed by atoms with E-state index in [1.54, 1.807) is 6.08 Å². The van der Waals surface area contributed by atoms with Gasteiger partial charge in [-0.15, -0.1) is 0 Å². The van der Waals surface area contributed by atoms with Crippen LogP contribution >= 0.6 is 27.7 Å². The van der Waals surface area contributed by atoms with Gasteiger partial charge in [0.2, 0.25) is 5.17 Å². The number of hydrogen-bond acceptors (Lipinski definition) is 4. The molecule has 3 aliphatic rings. The number of amidine groups is 2. The lowest BCUT2D eigenvalue weighted by Gasteiger charge is -2.20. The third-order valence-corrected chi connectivity index (χ3v) is 6.15. The molecule has 1 fully saturated rings. The van der Waals surface area contributed by atoms with Crippen molar-refractivity contribution >= 4 is 55.7 Å². The number of hydrazone groups is 1. The number of fused-ring (bicyclic) bond motifs is 1. The molecule has 1 aromatic carbocycles. The third kappa shape index (κ3) is 3.35. The van der Waals surface area contributed by atoms with Crippen LogP contribution in [0.1, 0.15) is 37.7 Å². The average molecular weight is 417 g/mol. The first-order valence-corrected chi connectivity index (χ1v) is 9.98. The van der Waals surface area contributed by atoms with E-state index in [1.807, 2.05) is 24.3 Å². The Morgan fingerprint density at radius 3 is 2.84 bits per heavy atom. The zero-order chi connectivity index (χ0) is 17.4. The summed E-state index contributed by atoms with van der Waals surface area (Å²) in [5, 5.41) is 16.1. The van der Waals surface area contributed by atoms with E-state index >= 15 is 0 Å². The highest BCUT2D eigenvalue weighted by molar-refractivity contribution is 9.10. The van der Waals surface area contributed by atoms with E-state index < -0.39 is 0 Å². The number of benzene rings is 1. The predicted molar refractivity (Wildman–Crippen MR) is 106 cm³/mol. The Labute approximate surface area is 158 Å². The average Bonchev–Trinajstić information content (AvgIpc) is 3.04. The lowest BCUT2D eigenvalue weighted by atomic mass is 9.90. The fraction of sp³-hybridized carbons (Fsp3) is 0.333. The van der Waals surface area contributed by atoms with E-state index in [-0.39, 0.29) is 17.3 Å². The molecule has 0 spiro atoms. The van der Waals surface area contributed by atoms with Crippen LogP contribution < -0.4 is 0 Å². The lowest BCUT2D eigenvalue weighted by molar-refractivity contribution is -0.114. The fourth-order valence-electron chi connectivity index (χ4n) is 3.28. The molecule has 1 amide bonds. The first-order chi connectivity index (χ1) is 12.1. The maximum absolute atomic E-state index is 12.4. The quantitative estimate of drug-likeness (QED) is 0.713. The number of nitrogens with one attached hydrogen (secondary N) is 1. The van der Waals surface area contributed by atoms with Gasteiger partial charge >= 0.3 is 0 Å². The summed E-state index contributed by atoms with van der Waals surface area (Å²) < 4.78 is 0.926. The van der Waals surface area contributed by atoms with E-state index in [0.29, 0.717) is 11.1 Å². The summed E-state index contributed by atoms with van der Waals surface area (Å²) >= 11 is 4.87. The summed E-state index contributed by atoms with van der Waals surface area (Å²) in [4.78, 5) is 16.6. The summed E-state index contributed by atoms with van der Waals surface area (Å²) in [6.07, 6.45) is 7.70. The van der Waals surface area contributed by atoms with Crippen LogP contribution in [-0.4, -0.2) is 27.0 Å². The zero-order valence-electron chi connectivity index (χ0n) is 13.5. The highest BCUT2D eigenvalue weighted by Gasteiger charge is 2.37. The first kappa shape index (κ1) is 16.7. The van der Waals surface area contributed by atoms with Gasteiger partial charge in [0.05, 0.1) is 5.57 Å². The van der Waals surface area contributed by atoms with Crippen molar-refractivity contribution in [2.75, 3.05) is 0 Å². The van der Waals surface area contributed by atoms with Crippen molar-refractivity contribution in [3.63, 3.8) is 0 Å². The maximum atomic E-state index is 12.4. The Balaban J connectivity index is 1.63. The Kier molecular flexibility index (Phi) is 4.60. The van der Waals surface area contributed by atoms with Crippen LogP contribution in [0.3, 0.4) is 0 Å². The van der Waals surface area contributed by atoms with Gasteiger partial charge in [0.1, 0.15) is 5.04 Å². The number of hydrogen-bond donors (Lipinski definition) is 1. The summed E-state index contributed by atoms with van der Waals surface area (Å²) in [6.45, 7) is 0. The Hall–Kier alpha value is -1.73. The van der Waals surface area contributed by atoms with Crippen LogP contribution in [0.25, 0.3) is 6.08 Å². The van der Waals surface area contributed by atoms with Gasteiger partial charge in [-0.3, -0.25) is 10.2 Å². The number of amides is 1. The SMILES string of the molecule is N=C1/C(=C/c2cccc(Br)c2)C(=O)N=C2SC(C3CCCCC3)=NN12. The van der Waals surface area contributed by atoms with Gasteiger partial charge in [0.15, 0.2) is 5.84 Å². The van der Waals surface area contributed by atoms with Crippen LogP contribution in [0.5, 0.6) is 0 Å². The molecule has 2 aliphatic heterocycles. The third-order valence-electron chi connectivity index (χ3n) is 4.58. The molecule has 1 N–H and O–H groups in total. The largest absolute Gasteiger partial charge is 0.283 e. The Bertz CT molecular complexity index is 839. The van der Waals surface area contributed by atoms with E-state index in [9.17, 15) is 4.79 Å². The standard InChI is InChI=1S/C18H17BrN4OS/c19-13-8-4-5-11(9-13)10-14-15(20)23-18(21-16(14)24)25-17(22-23)12-6-2-1-3-7-12/h4-5,8-10,12,20H,1-3,6-7H2/b14-10-,20-15?. The van der Waals surface area contributed by atoms with Gasteiger partial charge in [0, 0.05) is 10.4 Å². The molecule has 4 rings (SSSR count). The molecule has 25 heavy (non-hydrogen) atoms. The molecule has 0 atom stereocenters. The summed E-state index contributed by atoms with van der Waals surface area (Å²) in [6, 6.07) is 7.62. The van der Waals surface area contributed by atoms with Crippen LogP contribution in [-0.2, 0) is 4.79 Å². The highest BCUT2D eigenvalue weighted by Crippen LogP contribution is 2.36. The molecule has 0 bridgehead atoms. The molecule has 0 radical (unpaired) electrons. The molecular weight excluding hydrogens is 400 g/mol. The molecule has 0 aromatic heterocycles. The van der Waals surface area contributed by atoms with E-state index in [2.05, 4.69) is 26.0 Å². The van der Waals surface area contributed by atoms with Gasteiger partial charge in [-0.1, -0.05) is 47.3 Å². The maximum Gasteiger partial charge on any atom is 0.283 e. The first-order valence-electron chi connectivity index (χ1n) is 8.37. The molecule has 1 aliphatic carbocycles. The van der Waals surface area contributed by atoms with Crippen LogP contribution in [0.2, 0.25) is 0 Å². The normalized spacial score (nSPS) is 22.9.